The fraction of sp³-hybridized carbons (Fsp3) is 0.154. The lowest BCUT2D eigenvalue weighted by Gasteiger charge is -2.03. The van der Waals surface area contributed by atoms with Crippen molar-refractivity contribution >= 4 is 10.8 Å². The topological polar surface area (TPSA) is 73.8 Å². The second kappa shape index (κ2) is 5.76. The lowest BCUT2D eigenvalue weighted by molar-refractivity contribution is 0.423. The predicted octanol–water partition coefficient (Wildman–Crippen LogP) is 2.08. The van der Waals surface area contributed by atoms with E-state index >= 15 is 0 Å². The summed E-state index contributed by atoms with van der Waals surface area (Å²) in [6.07, 6.45) is 2.91. The Kier molecular flexibility index (Phi) is 3.80. The summed E-state index contributed by atoms with van der Waals surface area (Å²) in [4.78, 5) is 4.04. The summed E-state index contributed by atoms with van der Waals surface area (Å²) >= 11 is 0. The summed E-state index contributed by atoms with van der Waals surface area (Å²) in [5.74, 6) is -0.936. The first-order valence-corrected chi connectivity index (χ1v) is 7.90. The lowest BCUT2D eigenvalue weighted by Crippen LogP contribution is -2.02. The Labute approximate surface area is 126 Å². The van der Waals surface area contributed by atoms with Gasteiger partial charge in [0.15, 0.2) is 23.2 Å². The van der Waals surface area contributed by atoms with Gasteiger partial charge in [-0.25, -0.2) is 13.5 Å². The van der Waals surface area contributed by atoms with E-state index in [-0.39, 0.29) is 28.8 Å². The highest BCUT2D eigenvalue weighted by atomic mass is 32.2. The number of nitrogens with zero attached hydrogens (tertiary/aromatic N) is 4. The maximum atomic E-state index is 13.7. The van der Waals surface area contributed by atoms with Gasteiger partial charge in [0.05, 0.1) is 5.75 Å². The summed E-state index contributed by atoms with van der Waals surface area (Å²) in [5, 5.41) is 7.70. The van der Waals surface area contributed by atoms with Crippen molar-refractivity contribution in [3.05, 3.63) is 47.9 Å². The SMILES string of the molecule is C[S@@](=O)Cc1noc(-c2ccn(-c3c(F)cccc3F)n2)n1. The van der Waals surface area contributed by atoms with Gasteiger partial charge in [-0.05, 0) is 18.2 Å². The number of para-hydroxylation sites is 1. The average Bonchev–Trinajstić information content (AvgIpc) is 3.07. The number of hydrogen-bond donors (Lipinski definition) is 0. The van der Waals surface area contributed by atoms with Crippen LogP contribution in [0.5, 0.6) is 0 Å². The van der Waals surface area contributed by atoms with Gasteiger partial charge in [-0.15, -0.1) is 0 Å². The zero-order valence-corrected chi connectivity index (χ0v) is 12.2. The number of benzene rings is 1. The Morgan fingerprint density at radius 2 is 2.00 bits per heavy atom. The average molecular weight is 324 g/mol. The van der Waals surface area contributed by atoms with E-state index in [1.807, 2.05) is 0 Å². The van der Waals surface area contributed by atoms with Gasteiger partial charge < -0.3 is 4.52 Å². The molecule has 1 atom stereocenters. The van der Waals surface area contributed by atoms with E-state index in [1.165, 1.54) is 24.6 Å². The Hall–Kier alpha value is -2.42. The van der Waals surface area contributed by atoms with Crippen LogP contribution >= 0.6 is 0 Å². The molecule has 0 aliphatic carbocycles. The van der Waals surface area contributed by atoms with Gasteiger partial charge in [-0.2, -0.15) is 10.1 Å². The largest absolute Gasteiger partial charge is 0.332 e. The number of aromatic nitrogens is 4. The predicted molar refractivity (Wildman–Crippen MR) is 74.5 cm³/mol. The van der Waals surface area contributed by atoms with Crippen LogP contribution in [0.25, 0.3) is 17.3 Å². The van der Waals surface area contributed by atoms with Gasteiger partial charge in [0.25, 0.3) is 5.89 Å². The van der Waals surface area contributed by atoms with E-state index in [0.717, 1.165) is 16.8 Å². The highest BCUT2D eigenvalue weighted by Crippen LogP contribution is 2.20. The molecule has 22 heavy (non-hydrogen) atoms. The third-order valence-corrected chi connectivity index (χ3v) is 3.44. The van der Waals surface area contributed by atoms with Crippen LogP contribution in [0.2, 0.25) is 0 Å². The molecule has 0 bridgehead atoms. The van der Waals surface area contributed by atoms with Crippen molar-refractivity contribution < 1.29 is 17.5 Å². The van der Waals surface area contributed by atoms with Gasteiger partial charge in [0.2, 0.25) is 0 Å². The summed E-state index contributed by atoms with van der Waals surface area (Å²) in [6, 6.07) is 5.04. The molecule has 0 spiro atoms. The molecule has 3 aromatic rings. The van der Waals surface area contributed by atoms with E-state index in [1.54, 1.807) is 0 Å². The highest BCUT2D eigenvalue weighted by molar-refractivity contribution is 7.83. The van der Waals surface area contributed by atoms with Gasteiger partial charge in [-0.3, -0.25) is 4.21 Å². The van der Waals surface area contributed by atoms with Gasteiger partial charge in [0, 0.05) is 23.3 Å². The molecular weight excluding hydrogens is 314 g/mol. The first-order chi connectivity index (χ1) is 10.5. The van der Waals surface area contributed by atoms with E-state index in [9.17, 15) is 13.0 Å². The van der Waals surface area contributed by atoms with Crippen LogP contribution in [0, 0.1) is 11.6 Å². The third kappa shape index (κ3) is 2.80. The molecule has 6 nitrogen and oxygen atoms in total. The molecule has 2 heterocycles. The van der Waals surface area contributed by atoms with Crippen LogP contribution < -0.4 is 0 Å². The monoisotopic (exact) mass is 324 g/mol. The maximum absolute atomic E-state index is 13.7. The van der Waals surface area contributed by atoms with Gasteiger partial charge in [0.1, 0.15) is 5.69 Å². The Balaban J connectivity index is 1.94. The Morgan fingerprint density at radius 1 is 1.27 bits per heavy atom. The molecule has 0 radical (unpaired) electrons. The minimum atomic E-state index is -1.10. The zero-order valence-electron chi connectivity index (χ0n) is 11.4. The van der Waals surface area contributed by atoms with E-state index in [0.29, 0.717) is 0 Å². The molecule has 9 heteroatoms. The van der Waals surface area contributed by atoms with Crippen LogP contribution in [0.3, 0.4) is 0 Å². The second-order valence-electron chi connectivity index (χ2n) is 4.45. The van der Waals surface area contributed by atoms with Crippen LogP contribution in [0.4, 0.5) is 8.78 Å². The molecule has 1 aromatic carbocycles. The number of rotatable bonds is 4. The molecular formula is C13H10F2N4O2S. The fourth-order valence-electron chi connectivity index (χ4n) is 1.87. The lowest BCUT2D eigenvalue weighted by atomic mass is 10.3. The number of halogens is 2. The maximum Gasteiger partial charge on any atom is 0.278 e. The molecule has 0 aliphatic heterocycles. The summed E-state index contributed by atoms with van der Waals surface area (Å²) < 4.78 is 44.6. The summed E-state index contributed by atoms with van der Waals surface area (Å²) in [7, 11) is -1.10. The van der Waals surface area contributed by atoms with Gasteiger partial charge >= 0.3 is 0 Å². The molecule has 0 aliphatic rings. The standard InChI is InChI=1S/C13H10F2N4O2S/c1-22(20)7-11-16-13(21-18-11)10-5-6-19(17-10)12-8(14)3-2-4-9(12)15/h2-6H,7H2,1H3/t22-/m1/s1. The molecule has 114 valence electrons. The first kappa shape index (κ1) is 14.5. The Bertz CT molecular complexity index is 826. The van der Waals surface area contributed by atoms with Crippen LogP contribution in [0.15, 0.2) is 35.0 Å². The van der Waals surface area contributed by atoms with Gasteiger partial charge in [-0.1, -0.05) is 11.2 Å². The van der Waals surface area contributed by atoms with Crippen molar-refractivity contribution in [1.29, 1.82) is 0 Å². The molecule has 0 saturated heterocycles. The van der Waals surface area contributed by atoms with Crippen LogP contribution in [-0.4, -0.2) is 30.4 Å². The molecule has 3 rings (SSSR count). The van der Waals surface area contributed by atoms with Crippen molar-refractivity contribution in [2.24, 2.45) is 0 Å². The van der Waals surface area contributed by atoms with E-state index in [4.69, 9.17) is 4.52 Å². The minimum Gasteiger partial charge on any atom is -0.332 e. The van der Waals surface area contributed by atoms with Crippen molar-refractivity contribution in [3.8, 4) is 17.3 Å². The van der Waals surface area contributed by atoms with Crippen molar-refractivity contribution in [2.45, 2.75) is 5.75 Å². The van der Waals surface area contributed by atoms with Crippen LogP contribution in [-0.2, 0) is 16.6 Å². The first-order valence-electron chi connectivity index (χ1n) is 6.17. The molecule has 0 saturated carbocycles. The van der Waals surface area contributed by atoms with Crippen LogP contribution in [0.1, 0.15) is 5.82 Å². The molecule has 0 unspecified atom stereocenters. The quantitative estimate of drug-likeness (QED) is 0.734. The van der Waals surface area contributed by atoms with Crippen molar-refractivity contribution in [2.75, 3.05) is 6.26 Å². The molecule has 2 aromatic heterocycles. The zero-order chi connectivity index (χ0) is 15.7. The minimum absolute atomic E-state index is 0.0935. The van der Waals surface area contributed by atoms with Crippen molar-refractivity contribution in [1.82, 2.24) is 19.9 Å². The smallest absolute Gasteiger partial charge is 0.278 e. The Morgan fingerprint density at radius 3 is 2.68 bits per heavy atom. The highest BCUT2D eigenvalue weighted by Gasteiger charge is 2.16. The fourth-order valence-corrected chi connectivity index (χ4v) is 2.35. The number of hydrogen-bond acceptors (Lipinski definition) is 5. The summed E-state index contributed by atoms with van der Waals surface area (Å²) in [6.45, 7) is 0. The molecule has 0 fully saturated rings. The van der Waals surface area contributed by atoms with E-state index in [2.05, 4.69) is 15.2 Å². The third-order valence-electron chi connectivity index (χ3n) is 2.78. The summed E-state index contributed by atoms with van der Waals surface area (Å²) in [5.41, 5.74) is -0.0218. The van der Waals surface area contributed by atoms with Crippen molar-refractivity contribution in [3.63, 3.8) is 0 Å². The van der Waals surface area contributed by atoms with E-state index < -0.39 is 22.4 Å². The normalized spacial score (nSPS) is 12.5. The second-order valence-corrected chi connectivity index (χ2v) is 5.88. The molecule has 0 N–H and O–H groups in total. The molecule has 0 amide bonds.